The number of carbonyl (C=O) groups is 1. The summed E-state index contributed by atoms with van der Waals surface area (Å²) >= 11 is 5.82. The van der Waals surface area contributed by atoms with Crippen LogP contribution in [-0.2, 0) is 16.1 Å². The Morgan fingerprint density at radius 1 is 1.16 bits per heavy atom. The molecule has 0 spiro atoms. The lowest BCUT2D eigenvalue weighted by atomic mass is 10.2. The second-order valence-corrected chi connectivity index (χ2v) is 5.45. The topological polar surface area (TPSA) is 65.2 Å². The van der Waals surface area contributed by atoms with E-state index in [1.807, 2.05) is 0 Å². The predicted molar refractivity (Wildman–Crippen MR) is 90.0 cm³/mol. The highest BCUT2D eigenvalue weighted by Gasteiger charge is 2.10. The molecule has 0 fully saturated rings. The molecule has 2 aromatic carbocycles. The Hall–Kier alpha value is -2.99. The number of nitrogens with zero attached hydrogens (tertiary/aromatic N) is 2. The van der Waals surface area contributed by atoms with Crippen molar-refractivity contribution >= 4 is 23.6 Å². The molecule has 1 aromatic heterocycles. The monoisotopic (exact) mass is 358 g/mol. The maximum Gasteiger partial charge on any atom is 0.331 e. The Morgan fingerprint density at radius 3 is 2.60 bits per heavy atom. The van der Waals surface area contributed by atoms with Crippen LogP contribution in [0.1, 0.15) is 11.5 Å². The van der Waals surface area contributed by atoms with Crippen molar-refractivity contribution < 1.29 is 18.4 Å². The molecule has 1 heterocycles. The molecule has 0 N–H and O–H groups in total. The molecule has 126 valence electrons. The second kappa shape index (κ2) is 7.72. The molecule has 0 aliphatic carbocycles. The highest BCUT2D eigenvalue weighted by atomic mass is 35.5. The zero-order valence-electron chi connectivity index (χ0n) is 12.9. The average molecular weight is 359 g/mol. The van der Waals surface area contributed by atoms with Crippen molar-refractivity contribution in [2.45, 2.75) is 6.61 Å². The number of ether oxygens (including phenoxy) is 1. The fourth-order valence-electron chi connectivity index (χ4n) is 1.95. The van der Waals surface area contributed by atoms with Crippen molar-refractivity contribution in [3.05, 3.63) is 76.9 Å². The van der Waals surface area contributed by atoms with Gasteiger partial charge in [0.05, 0.1) is 0 Å². The van der Waals surface area contributed by atoms with E-state index in [0.717, 1.165) is 5.56 Å². The van der Waals surface area contributed by atoms with Gasteiger partial charge in [0.25, 0.3) is 5.89 Å². The number of halogens is 2. The molecule has 0 atom stereocenters. The molecule has 3 aromatic rings. The van der Waals surface area contributed by atoms with Gasteiger partial charge in [-0.2, -0.15) is 4.98 Å². The van der Waals surface area contributed by atoms with Crippen molar-refractivity contribution in [3.63, 3.8) is 0 Å². The first-order chi connectivity index (χ1) is 12.1. The van der Waals surface area contributed by atoms with Crippen molar-refractivity contribution in [3.8, 4) is 11.4 Å². The first kappa shape index (κ1) is 16.9. The molecular formula is C18H12ClFN2O3. The number of esters is 1. The lowest BCUT2D eigenvalue weighted by molar-refractivity contribution is -0.139. The zero-order chi connectivity index (χ0) is 17.6. The molecule has 0 aliphatic rings. The fraction of sp³-hybridized carbons (Fsp3) is 0.0556. The molecule has 0 bridgehead atoms. The maximum atomic E-state index is 12.8. The van der Waals surface area contributed by atoms with E-state index >= 15 is 0 Å². The van der Waals surface area contributed by atoms with Gasteiger partial charge in [0, 0.05) is 16.7 Å². The van der Waals surface area contributed by atoms with Crippen LogP contribution in [0.4, 0.5) is 4.39 Å². The summed E-state index contributed by atoms with van der Waals surface area (Å²) in [6, 6.07) is 12.7. The minimum Gasteiger partial charge on any atom is -0.452 e. The minimum atomic E-state index is -0.574. The van der Waals surface area contributed by atoms with E-state index in [-0.39, 0.29) is 18.3 Å². The smallest absolute Gasteiger partial charge is 0.331 e. The lowest BCUT2D eigenvalue weighted by Crippen LogP contribution is -2.00. The van der Waals surface area contributed by atoms with Crippen LogP contribution in [0.3, 0.4) is 0 Å². The molecule has 0 amide bonds. The Bertz CT molecular complexity index is 889. The van der Waals surface area contributed by atoms with E-state index in [4.69, 9.17) is 20.9 Å². The van der Waals surface area contributed by atoms with Gasteiger partial charge >= 0.3 is 5.97 Å². The van der Waals surface area contributed by atoms with Crippen LogP contribution in [0.2, 0.25) is 5.02 Å². The van der Waals surface area contributed by atoms with Crippen molar-refractivity contribution in [2.75, 3.05) is 0 Å². The molecule has 25 heavy (non-hydrogen) atoms. The molecule has 0 saturated carbocycles. The molecule has 0 unspecified atom stereocenters. The maximum absolute atomic E-state index is 12.8. The van der Waals surface area contributed by atoms with Gasteiger partial charge in [-0.05, 0) is 48.0 Å². The first-order valence-electron chi connectivity index (χ1n) is 7.29. The van der Waals surface area contributed by atoms with Gasteiger partial charge < -0.3 is 9.26 Å². The Labute approximate surface area is 147 Å². The second-order valence-electron chi connectivity index (χ2n) is 5.01. The highest BCUT2D eigenvalue weighted by molar-refractivity contribution is 6.30. The summed E-state index contributed by atoms with van der Waals surface area (Å²) in [7, 11) is 0. The van der Waals surface area contributed by atoms with E-state index in [1.54, 1.807) is 36.4 Å². The zero-order valence-corrected chi connectivity index (χ0v) is 13.6. The summed E-state index contributed by atoms with van der Waals surface area (Å²) in [5, 5.41) is 4.43. The van der Waals surface area contributed by atoms with E-state index in [2.05, 4.69) is 10.1 Å². The number of benzene rings is 2. The largest absolute Gasteiger partial charge is 0.452 e. The van der Waals surface area contributed by atoms with Gasteiger partial charge in [-0.1, -0.05) is 28.9 Å². The molecule has 0 aliphatic heterocycles. The van der Waals surface area contributed by atoms with Crippen molar-refractivity contribution in [1.82, 2.24) is 10.1 Å². The van der Waals surface area contributed by atoms with Crippen LogP contribution in [-0.4, -0.2) is 16.1 Å². The molecule has 5 nitrogen and oxygen atoms in total. The quantitative estimate of drug-likeness (QED) is 0.503. The van der Waals surface area contributed by atoms with E-state index in [9.17, 15) is 9.18 Å². The predicted octanol–water partition coefficient (Wildman–Crippen LogP) is 4.29. The number of aromatic nitrogens is 2. The Balaban J connectivity index is 1.55. The minimum absolute atomic E-state index is 0.146. The van der Waals surface area contributed by atoms with E-state index in [1.165, 1.54) is 24.3 Å². The van der Waals surface area contributed by atoms with Gasteiger partial charge in [-0.3, -0.25) is 0 Å². The van der Waals surface area contributed by atoms with Gasteiger partial charge in [-0.25, -0.2) is 9.18 Å². The highest BCUT2D eigenvalue weighted by Crippen LogP contribution is 2.18. The average Bonchev–Trinajstić information content (AvgIpc) is 3.09. The normalized spacial score (nSPS) is 11.0. The number of hydrogen-bond acceptors (Lipinski definition) is 5. The van der Waals surface area contributed by atoms with Crippen LogP contribution in [0, 0.1) is 5.82 Å². The van der Waals surface area contributed by atoms with Crippen LogP contribution in [0.25, 0.3) is 17.5 Å². The summed E-state index contributed by atoms with van der Waals surface area (Å²) in [4.78, 5) is 15.8. The summed E-state index contributed by atoms with van der Waals surface area (Å²) in [6.07, 6.45) is 2.76. The van der Waals surface area contributed by atoms with Gasteiger partial charge in [0.1, 0.15) is 5.82 Å². The Morgan fingerprint density at radius 2 is 1.88 bits per heavy atom. The number of hydrogen-bond donors (Lipinski definition) is 0. The van der Waals surface area contributed by atoms with Crippen LogP contribution < -0.4 is 0 Å². The molecule has 0 saturated heterocycles. The van der Waals surface area contributed by atoms with Crippen molar-refractivity contribution in [1.29, 1.82) is 0 Å². The molecular weight excluding hydrogens is 347 g/mol. The van der Waals surface area contributed by atoms with E-state index < -0.39 is 5.97 Å². The third-order valence-corrected chi connectivity index (χ3v) is 3.44. The summed E-state index contributed by atoms with van der Waals surface area (Å²) < 4.78 is 22.9. The summed E-state index contributed by atoms with van der Waals surface area (Å²) in [5.74, 6) is -0.360. The van der Waals surface area contributed by atoms with Crippen LogP contribution >= 0.6 is 11.6 Å². The first-order valence-corrected chi connectivity index (χ1v) is 7.67. The summed E-state index contributed by atoms with van der Waals surface area (Å²) in [6.45, 7) is -0.146. The molecule has 3 rings (SSSR count). The third kappa shape index (κ3) is 4.74. The van der Waals surface area contributed by atoms with E-state index in [0.29, 0.717) is 16.4 Å². The van der Waals surface area contributed by atoms with Crippen molar-refractivity contribution in [2.24, 2.45) is 0 Å². The summed E-state index contributed by atoms with van der Waals surface area (Å²) in [5.41, 5.74) is 1.42. The van der Waals surface area contributed by atoms with Gasteiger partial charge in [0.15, 0.2) is 6.61 Å². The fourth-order valence-corrected chi connectivity index (χ4v) is 2.07. The third-order valence-electron chi connectivity index (χ3n) is 3.19. The standard InChI is InChI=1S/C18H12ClFN2O3/c19-14-6-4-13(5-7-14)18-21-16(25-22-18)11-24-17(23)10-3-12-1-8-15(20)9-2-12/h1-10H,11H2/b10-3+. The number of rotatable bonds is 5. The number of carbonyl (C=O) groups excluding carboxylic acids is 1. The van der Waals surface area contributed by atoms with Crippen LogP contribution in [0.5, 0.6) is 0 Å². The van der Waals surface area contributed by atoms with Crippen LogP contribution in [0.15, 0.2) is 59.1 Å². The molecule has 0 radical (unpaired) electrons. The van der Waals surface area contributed by atoms with Gasteiger partial charge in [-0.15, -0.1) is 0 Å². The molecule has 7 heteroatoms. The lowest BCUT2D eigenvalue weighted by Gasteiger charge is -1.97. The Kier molecular flexibility index (Phi) is 5.20. The SMILES string of the molecule is O=C(/C=C/c1ccc(F)cc1)OCc1nc(-c2ccc(Cl)cc2)no1. The van der Waals surface area contributed by atoms with Gasteiger partial charge in [0.2, 0.25) is 5.82 Å².